The highest BCUT2D eigenvalue weighted by Gasteiger charge is 2.31. The lowest BCUT2D eigenvalue weighted by molar-refractivity contribution is 0.231. The predicted molar refractivity (Wildman–Crippen MR) is 85.2 cm³/mol. The number of benzene rings is 1. The average molecular weight is 390 g/mol. The molecule has 2 heterocycles. The zero-order valence-corrected chi connectivity index (χ0v) is 14.2. The van der Waals surface area contributed by atoms with Crippen LogP contribution in [-0.2, 0) is 0 Å². The van der Waals surface area contributed by atoms with Crippen LogP contribution in [0.15, 0.2) is 21.1 Å². The van der Waals surface area contributed by atoms with Crippen molar-refractivity contribution in [3.05, 3.63) is 21.1 Å². The molecule has 0 spiro atoms. The maximum atomic E-state index is 5.41. The first kappa shape index (κ1) is 13.7. The van der Waals surface area contributed by atoms with Crippen LogP contribution >= 0.6 is 31.9 Å². The van der Waals surface area contributed by atoms with Gasteiger partial charge in [-0.3, -0.25) is 4.90 Å². The number of hydrogen-bond acceptors (Lipinski definition) is 3. The fraction of sp³-hybridized carbons (Fsp3) is 0.571. The van der Waals surface area contributed by atoms with E-state index in [1.54, 1.807) is 7.11 Å². The van der Waals surface area contributed by atoms with Gasteiger partial charge in [0.05, 0.1) is 17.3 Å². The molecule has 0 N–H and O–H groups in total. The van der Waals surface area contributed by atoms with Gasteiger partial charge in [-0.2, -0.15) is 0 Å². The van der Waals surface area contributed by atoms with E-state index in [0.717, 1.165) is 33.8 Å². The van der Waals surface area contributed by atoms with Gasteiger partial charge in [-0.05, 0) is 57.3 Å². The van der Waals surface area contributed by atoms with E-state index in [1.165, 1.54) is 31.6 Å². The molecule has 0 aliphatic carbocycles. The Balaban J connectivity index is 1.85. The molecule has 0 saturated carbocycles. The van der Waals surface area contributed by atoms with E-state index < -0.39 is 0 Å². The minimum absolute atomic E-state index is 0.732. The molecule has 0 bridgehead atoms. The van der Waals surface area contributed by atoms with Gasteiger partial charge in [-0.1, -0.05) is 0 Å². The Hall–Kier alpha value is -0.260. The highest BCUT2D eigenvalue weighted by molar-refractivity contribution is 9.11. The van der Waals surface area contributed by atoms with Crippen molar-refractivity contribution in [1.29, 1.82) is 0 Å². The summed E-state index contributed by atoms with van der Waals surface area (Å²) in [6.07, 6.45) is 2.69. The molecule has 3 nitrogen and oxygen atoms in total. The summed E-state index contributed by atoms with van der Waals surface area (Å²) in [6.45, 7) is 4.68. The SMILES string of the molecule is COc1cc(N2CCN3CCCC3C2)c(Br)cc1Br. The van der Waals surface area contributed by atoms with Gasteiger partial charge < -0.3 is 9.64 Å². The van der Waals surface area contributed by atoms with Crippen molar-refractivity contribution in [3.8, 4) is 5.75 Å². The molecule has 1 unspecified atom stereocenters. The Morgan fingerprint density at radius 1 is 1.16 bits per heavy atom. The van der Waals surface area contributed by atoms with Crippen molar-refractivity contribution < 1.29 is 4.74 Å². The van der Waals surface area contributed by atoms with Crippen LogP contribution in [0, 0.1) is 0 Å². The Morgan fingerprint density at radius 3 is 2.79 bits per heavy atom. The van der Waals surface area contributed by atoms with Crippen molar-refractivity contribution in [2.24, 2.45) is 0 Å². The topological polar surface area (TPSA) is 15.7 Å². The van der Waals surface area contributed by atoms with E-state index in [0.29, 0.717) is 0 Å². The van der Waals surface area contributed by atoms with E-state index in [-0.39, 0.29) is 0 Å². The number of nitrogens with zero attached hydrogens (tertiary/aromatic N) is 2. The second-order valence-electron chi connectivity index (χ2n) is 5.22. The maximum absolute atomic E-state index is 5.41. The van der Waals surface area contributed by atoms with Crippen LogP contribution in [0.1, 0.15) is 12.8 Å². The van der Waals surface area contributed by atoms with Crippen LogP contribution in [0.25, 0.3) is 0 Å². The van der Waals surface area contributed by atoms with Gasteiger partial charge >= 0.3 is 0 Å². The Bertz CT molecular complexity index is 481. The molecule has 2 aliphatic heterocycles. The lowest BCUT2D eigenvalue weighted by Crippen LogP contribution is -2.50. The maximum Gasteiger partial charge on any atom is 0.135 e. The first-order chi connectivity index (χ1) is 9.19. The average Bonchev–Trinajstić information content (AvgIpc) is 2.86. The molecule has 19 heavy (non-hydrogen) atoms. The largest absolute Gasteiger partial charge is 0.495 e. The first-order valence-corrected chi connectivity index (χ1v) is 8.29. The quantitative estimate of drug-likeness (QED) is 0.769. The third-order valence-electron chi connectivity index (χ3n) is 4.15. The molecule has 2 fully saturated rings. The summed E-state index contributed by atoms with van der Waals surface area (Å²) in [7, 11) is 1.71. The molecule has 1 aromatic rings. The van der Waals surface area contributed by atoms with Gasteiger partial charge in [0.1, 0.15) is 5.75 Å². The van der Waals surface area contributed by atoms with Crippen LogP contribution in [0.5, 0.6) is 5.75 Å². The van der Waals surface area contributed by atoms with Gasteiger partial charge in [-0.25, -0.2) is 0 Å². The Labute approximate surface area is 131 Å². The lowest BCUT2D eigenvalue weighted by Gasteiger charge is -2.39. The number of methoxy groups -OCH3 is 1. The number of fused-ring (bicyclic) bond motifs is 1. The van der Waals surface area contributed by atoms with Gasteiger partial charge in [-0.15, -0.1) is 0 Å². The van der Waals surface area contributed by atoms with E-state index >= 15 is 0 Å². The lowest BCUT2D eigenvalue weighted by atomic mass is 10.1. The minimum Gasteiger partial charge on any atom is -0.495 e. The summed E-state index contributed by atoms with van der Waals surface area (Å²) >= 11 is 7.21. The second-order valence-corrected chi connectivity index (χ2v) is 6.92. The smallest absolute Gasteiger partial charge is 0.135 e. The summed E-state index contributed by atoms with van der Waals surface area (Å²) in [5, 5.41) is 0. The predicted octanol–water partition coefficient (Wildman–Crippen LogP) is 3.50. The van der Waals surface area contributed by atoms with Crippen molar-refractivity contribution >= 4 is 37.5 Å². The Morgan fingerprint density at radius 2 is 2.00 bits per heavy atom. The standard InChI is InChI=1S/C14H18Br2N2O/c1-19-14-8-13(11(15)7-12(14)16)18-6-5-17-4-2-3-10(17)9-18/h7-8,10H,2-6,9H2,1H3. The first-order valence-electron chi connectivity index (χ1n) is 6.71. The van der Waals surface area contributed by atoms with Crippen LogP contribution in [0.3, 0.4) is 0 Å². The normalized spacial score (nSPS) is 23.5. The third-order valence-corrected chi connectivity index (χ3v) is 5.40. The zero-order chi connectivity index (χ0) is 13.4. The number of ether oxygens (including phenoxy) is 1. The van der Waals surface area contributed by atoms with Crippen molar-refractivity contribution in [3.63, 3.8) is 0 Å². The fourth-order valence-electron chi connectivity index (χ4n) is 3.13. The number of halogens is 2. The van der Waals surface area contributed by atoms with Crippen molar-refractivity contribution in [1.82, 2.24) is 4.90 Å². The van der Waals surface area contributed by atoms with E-state index in [2.05, 4.69) is 53.8 Å². The molecule has 5 heteroatoms. The molecule has 0 radical (unpaired) electrons. The number of hydrogen-bond donors (Lipinski definition) is 0. The molecule has 2 saturated heterocycles. The molecule has 1 atom stereocenters. The van der Waals surface area contributed by atoms with Gasteiger partial charge in [0.15, 0.2) is 0 Å². The highest BCUT2D eigenvalue weighted by Crippen LogP contribution is 2.38. The minimum atomic E-state index is 0.732. The molecule has 0 aromatic heterocycles. The Kier molecular flexibility index (Phi) is 4.06. The number of anilines is 1. The van der Waals surface area contributed by atoms with Gasteiger partial charge in [0.2, 0.25) is 0 Å². The molecule has 104 valence electrons. The molecular formula is C14H18Br2N2O. The summed E-state index contributed by atoms with van der Waals surface area (Å²) in [4.78, 5) is 5.10. The van der Waals surface area contributed by atoms with Crippen molar-refractivity contribution in [2.45, 2.75) is 18.9 Å². The fourth-order valence-corrected chi connectivity index (χ4v) is 4.53. The van der Waals surface area contributed by atoms with Crippen LogP contribution in [0.4, 0.5) is 5.69 Å². The molecule has 1 aromatic carbocycles. The number of rotatable bonds is 2. The summed E-state index contributed by atoms with van der Waals surface area (Å²) < 4.78 is 7.54. The van der Waals surface area contributed by atoms with Crippen LogP contribution in [-0.4, -0.2) is 44.2 Å². The van der Waals surface area contributed by atoms with E-state index in [1.807, 2.05) is 0 Å². The van der Waals surface area contributed by atoms with Gasteiger partial charge in [0, 0.05) is 36.2 Å². The molecule has 0 amide bonds. The molecular weight excluding hydrogens is 372 g/mol. The highest BCUT2D eigenvalue weighted by atomic mass is 79.9. The molecule has 2 aliphatic rings. The van der Waals surface area contributed by atoms with Crippen LogP contribution < -0.4 is 9.64 Å². The van der Waals surface area contributed by atoms with Gasteiger partial charge in [0.25, 0.3) is 0 Å². The van der Waals surface area contributed by atoms with E-state index in [9.17, 15) is 0 Å². The monoisotopic (exact) mass is 388 g/mol. The summed E-state index contributed by atoms with van der Waals surface area (Å²) in [6, 6.07) is 4.93. The summed E-state index contributed by atoms with van der Waals surface area (Å²) in [5.74, 6) is 0.895. The van der Waals surface area contributed by atoms with Crippen LogP contribution in [0.2, 0.25) is 0 Å². The zero-order valence-electron chi connectivity index (χ0n) is 11.0. The second kappa shape index (κ2) is 5.62. The van der Waals surface area contributed by atoms with Crippen molar-refractivity contribution in [2.75, 3.05) is 38.2 Å². The summed E-state index contributed by atoms with van der Waals surface area (Å²) in [5.41, 5.74) is 1.24. The molecule has 3 rings (SSSR count). The third kappa shape index (κ3) is 2.65. The number of piperazine rings is 1. The van der Waals surface area contributed by atoms with E-state index in [4.69, 9.17) is 4.74 Å².